The first-order chi connectivity index (χ1) is 14.1. The van der Waals surface area contributed by atoms with Crippen LogP contribution in [0.4, 0.5) is 17.3 Å². The molecule has 0 atom stereocenters. The minimum atomic E-state index is -0.591. The molecule has 0 unspecified atom stereocenters. The molecule has 29 heavy (non-hydrogen) atoms. The van der Waals surface area contributed by atoms with E-state index in [9.17, 15) is 14.9 Å². The van der Waals surface area contributed by atoms with Crippen molar-refractivity contribution in [2.24, 2.45) is 0 Å². The molecular formula is C19H21ClN6O3. The van der Waals surface area contributed by atoms with Gasteiger partial charge in [-0.1, -0.05) is 35.4 Å². The van der Waals surface area contributed by atoms with Gasteiger partial charge in [0.15, 0.2) is 0 Å². The minimum Gasteiger partial charge on any atom is -0.364 e. The van der Waals surface area contributed by atoms with E-state index in [1.54, 1.807) is 24.3 Å². The molecule has 9 nitrogen and oxygen atoms in total. The van der Waals surface area contributed by atoms with Crippen LogP contribution in [-0.2, 0) is 0 Å². The number of rotatable bonds is 8. The number of halogens is 1. The largest absolute Gasteiger partial charge is 0.364 e. The van der Waals surface area contributed by atoms with Crippen LogP contribution in [0.2, 0.25) is 5.02 Å². The number of hydrogen-bond donors (Lipinski definition) is 3. The molecule has 1 amide bonds. The van der Waals surface area contributed by atoms with Gasteiger partial charge in [0, 0.05) is 6.54 Å². The number of hydrogen-bond acceptors (Lipinski definition) is 7. The molecule has 0 spiro atoms. The van der Waals surface area contributed by atoms with E-state index in [1.165, 1.54) is 24.7 Å². The van der Waals surface area contributed by atoms with E-state index in [0.29, 0.717) is 6.54 Å². The summed E-state index contributed by atoms with van der Waals surface area (Å²) >= 11 is 5.99. The Labute approximate surface area is 172 Å². The first-order valence-electron chi connectivity index (χ1n) is 9.28. The minimum absolute atomic E-state index is 0.0934. The van der Waals surface area contributed by atoms with Gasteiger partial charge in [-0.15, -0.1) is 0 Å². The monoisotopic (exact) mass is 416 g/mol. The fourth-order valence-electron chi connectivity index (χ4n) is 3.07. The van der Waals surface area contributed by atoms with Gasteiger partial charge < -0.3 is 5.32 Å². The van der Waals surface area contributed by atoms with E-state index in [2.05, 4.69) is 32.2 Å². The predicted molar refractivity (Wildman–Crippen MR) is 111 cm³/mol. The number of nitro groups is 1. The van der Waals surface area contributed by atoms with E-state index in [0.717, 1.165) is 19.3 Å². The maximum Gasteiger partial charge on any atom is 0.354 e. The number of nitrogens with zero attached hydrogens (tertiary/aromatic N) is 3. The zero-order valence-corrected chi connectivity index (χ0v) is 16.4. The highest BCUT2D eigenvalue weighted by Gasteiger charge is 2.23. The third kappa shape index (κ3) is 5.41. The third-order valence-electron chi connectivity index (χ3n) is 4.54. The first-order valence-corrected chi connectivity index (χ1v) is 9.66. The number of aromatic nitrogens is 2. The Morgan fingerprint density at radius 3 is 2.72 bits per heavy atom. The van der Waals surface area contributed by atoms with Crippen LogP contribution in [0.3, 0.4) is 0 Å². The van der Waals surface area contributed by atoms with Crippen LogP contribution < -0.4 is 16.2 Å². The van der Waals surface area contributed by atoms with Crippen molar-refractivity contribution < 1.29 is 9.72 Å². The molecule has 0 radical (unpaired) electrons. The van der Waals surface area contributed by atoms with E-state index in [1.807, 2.05) is 0 Å². The summed E-state index contributed by atoms with van der Waals surface area (Å²) in [5.74, 6) is -0.567. The highest BCUT2D eigenvalue weighted by Crippen LogP contribution is 2.29. The normalized spacial score (nSPS) is 13.3. The van der Waals surface area contributed by atoms with Gasteiger partial charge in [0.05, 0.1) is 15.5 Å². The molecule has 1 heterocycles. The maximum atomic E-state index is 12.3. The van der Waals surface area contributed by atoms with Crippen molar-refractivity contribution in [1.29, 1.82) is 0 Å². The highest BCUT2D eigenvalue weighted by atomic mass is 35.5. The first kappa shape index (κ1) is 20.5. The van der Waals surface area contributed by atoms with Gasteiger partial charge in [0.1, 0.15) is 6.33 Å². The average Bonchev–Trinajstić information content (AvgIpc) is 2.73. The fourth-order valence-corrected chi connectivity index (χ4v) is 3.30. The average molecular weight is 417 g/mol. The Morgan fingerprint density at radius 2 is 2.00 bits per heavy atom. The molecule has 152 valence electrons. The standard InChI is InChI=1S/C19H21ClN6O3/c20-15-9-5-4-8-14(15)19(27)25-24-18-16(26(28)29)17(22-12-23-18)21-11-10-13-6-2-1-3-7-13/h4-6,8-9,12H,1-3,7,10-11H2,(H,25,27)(H2,21,22,23,24). The number of anilines is 2. The molecule has 10 heteroatoms. The van der Waals surface area contributed by atoms with Crippen LogP contribution in [-0.4, -0.2) is 27.3 Å². The van der Waals surface area contributed by atoms with E-state index >= 15 is 0 Å². The summed E-state index contributed by atoms with van der Waals surface area (Å²) in [6.07, 6.45) is 8.77. The van der Waals surface area contributed by atoms with Crippen LogP contribution in [0.25, 0.3) is 0 Å². The SMILES string of the molecule is O=C(NNc1ncnc(NCCC2=CCCCC2)c1[N+](=O)[O-])c1ccccc1Cl. The quantitative estimate of drug-likeness (QED) is 0.336. The number of carbonyl (C=O) groups excluding carboxylic acids is 1. The molecule has 1 aromatic heterocycles. The predicted octanol–water partition coefficient (Wildman–Crippen LogP) is 4.10. The summed E-state index contributed by atoms with van der Waals surface area (Å²) in [6.45, 7) is 0.523. The molecule has 0 saturated heterocycles. The molecular weight excluding hydrogens is 396 g/mol. The van der Waals surface area contributed by atoms with Gasteiger partial charge >= 0.3 is 5.69 Å². The van der Waals surface area contributed by atoms with Gasteiger partial charge in [-0.2, -0.15) is 0 Å². The maximum absolute atomic E-state index is 12.3. The molecule has 1 aromatic carbocycles. The van der Waals surface area contributed by atoms with Crippen molar-refractivity contribution in [2.45, 2.75) is 32.1 Å². The molecule has 1 aliphatic rings. The second-order valence-corrected chi connectivity index (χ2v) is 6.93. The molecule has 2 aromatic rings. The summed E-state index contributed by atoms with van der Waals surface area (Å²) in [6, 6.07) is 6.48. The number of benzene rings is 1. The third-order valence-corrected chi connectivity index (χ3v) is 4.87. The topological polar surface area (TPSA) is 122 Å². The lowest BCUT2D eigenvalue weighted by atomic mass is 9.97. The van der Waals surface area contributed by atoms with Crippen molar-refractivity contribution in [1.82, 2.24) is 15.4 Å². The summed E-state index contributed by atoms with van der Waals surface area (Å²) in [5.41, 5.74) is 6.12. The zero-order chi connectivity index (χ0) is 20.6. The van der Waals surface area contributed by atoms with Gasteiger partial charge in [-0.3, -0.25) is 25.8 Å². The second kappa shape index (κ2) is 9.83. The van der Waals surface area contributed by atoms with Gasteiger partial charge in [-0.05, 0) is 44.2 Å². The Morgan fingerprint density at radius 1 is 1.21 bits per heavy atom. The van der Waals surface area contributed by atoms with Crippen molar-refractivity contribution in [2.75, 3.05) is 17.3 Å². The van der Waals surface area contributed by atoms with E-state index in [4.69, 9.17) is 11.6 Å². The van der Waals surface area contributed by atoms with Gasteiger partial charge in [0.25, 0.3) is 5.91 Å². The van der Waals surface area contributed by atoms with Gasteiger partial charge in [0.2, 0.25) is 11.6 Å². The van der Waals surface area contributed by atoms with E-state index < -0.39 is 10.8 Å². The molecule has 0 bridgehead atoms. The van der Waals surface area contributed by atoms with Crippen LogP contribution in [0.15, 0.2) is 42.2 Å². The Bertz CT molecular complexity index is 934. The molecule has 0 fully saturated rings. The number of amides is 1. The van der Waals surface area contributed by atoms with Crippen molar-refractivity contribution in [3.63, 3.8) is 0 Å². The number of hydrazine groups is 1. The fraction of sp³-hybridized carbons (Fsp3) is 0.316. The summed E-state index contributed by atoms with van der Waals surface area (Å²) in [5, 5.41) is 14.8. The number of carbonyl (C=O) groups is 1. The molecule has 1 aliphatic carbocycles. The Hall–Kier alpha value is -3.20. The molecule has 0 saturated carbocycles. The van der Waals surface area contributed by atoms with Crippen molar-refractivity contribution in [3.05, 3.63) is 62.9 Å². The van der Waals surface area contributed by atoms with Gasteiger partial charge in [-0.25, -0.2) is 9.97 Å². The van der Waals surface area contributed by atoms with Crippen molar-refractivity contribution in [3.8, 4) is 0 Å². The smallest absolute Gasteiger partial charge is 0.354 e. The number of nitrogens with one attached hydrogen (secondary N) is 3. The lowest BCUT2D eigenvalue weighted by Gasteiger charge is -2.14. The summed E-state index contributed by atoms with van der Waals surface area (Å²) < 4.78 is 0. The summed E-state index contributed by atoms with van der Waals surface area (Å²) in [4.78, 5) is 31.1. The van der Waals surface area contributed by atoms with Crippen molar-refractivity contribution >= 4 is 34.8 Å². The van der Waals surface area contributed by atoms with Crippen LogP contribution in [0, 0.1) is 10.1 Å². The highest BCUT2D eigenvalue weighted by molar-refractivity contribution is 6.33. The Kier molecular flexibility index (Phi) is 6.96. The van der Waals surface area contributed by atoms with Crippen LogP contribution in [0.5, 0.6) is 0 Å². The molecule has 3 rings (SSSR count). The lowest BCUT2D eigenvalue weighted by molar-refractivity contribution is -0.383. The Balaban J connectivity index is 1.67. The van der Waals surface area contributed by atoms with Crippen LogP contribution >= 0.6 is 11.6 Å². The second-order valence-electron chi connectivity index (χ2n) is 6.52. The van der Waals surface area contributed by atoms with E-state index in [-0.39, 0.29) is 27.9 Å². The van der Waals surface area contributed by atoms with Crippen LogP contribution in [0.1, 0.15) is 42.5 Å². The number of allylic oxidation sites excluding steroid dienone is 1. The molecule has 0 aliphatic heterocycles. The lowest BCUT2D eigenvalue weighted by Crippen LogP contribution is -2.30. The summed E-state index contributed by atoms with van der Waals surface area (Å²) in [7, 11) is 0. The molecule has 3 N–H and O–H groups in total. The zero-order valence-electron chi connectivity index (χ0n) is 15.7.